The van der Waals surface area contributed by atoms with Gasteiger partial charge in [0.05, 0.1) is 16.6 Å². The van der Waals surface area contributed by atoms with Gasteiger partial charge in [0.1, 0.15) is 0 Å². The molecule has 0 amide bonds. The van der Waals surface area contributed by atoms with E-state index >= 15 is 0 Å². The second-order valence-corrected chi connectivity index (χ2v) is 5.75. The number of halogens is 1. The Hall–Kier alpha value is -1.26. The average molecular weight is 297 g/mol. The molecule has 0 bridgehead atoms. The molecule has 4 nitrogen and oxygen atoms in total. The van der Waals surface area contributed by atoms with Crippen molar-refractivity contribution in [1.82, 2.24) is 4.90 Å². The average Bonchev–Trinajstić information content (AvgIpc) is 2.46. The maximum absolute atomic E-state index is 11.1. The van der Waals surface area contributed by atoms with E-state index < -0.39 is 5.97 Å². The van der Waals surface area contributed by atoms with E-state index in [4.69, 9.17) is 16.7 Å². The fourth-order valence-electron chi connectivity index (χ4n) is 2.60. The predicted molar refractivity (Wildman–Crippen MR) is 81.5 cm³/mol. The fraction of sp³-hybridized carbons (Fsp3) is 0.533. The number of anilines is 1. The minimum atomic E-state index is -0.731. The quantitative estimate of drug-likeness (QED) is 0.927. The molecule has 1 aromatic rings. The smallest absolute Gasteiger partial charge is 0.307 e. The van der Waals surface area contributed by atoms with Gasteiger partial charge < -0.3 is 10.0 Å². The van der Waals surface area contributed by atoms with Crippen molar-refractivity contribution in [2.24, 2.45) is 5.92 Å². The van der Waals surface area contributed by atoms with E-state index in [0.29, 0.717) is 0 Å². The fourth-order valence-corrected chi connectivity index (χ4v) is 2.86. The van der Waals surface area contributed by atoms with Crippen LogP contribution in [-0.2, 0) is 4.79 Å². The normalized spacial score (nSPS) is 19.6. The van der Waals surface area contributed by atoms with Gasteiger partial charge in [-0.25, -0.2) is 0 Å². The Balaban J connectivity index is 1.96. The lowest BCUT2D eigenvalue weighted by Crippen LogP contribution is -2.52. The van der Waals surface area contributed by atoms with Gasteiger partial charge in [0, 0.05) is 32.2 Å². The van der Waals surface area contributed by atoms with Gasteiger partial charge >= 0.3 is 5.97 Å². The molecule has 0 spiro atoms. The minimum Gasteiger partial charge on any atom is -0.481 e. The van der Waals surface area contributed by atoms with Gasteiger partial charge in [-0.15, -0.1) is 0 Å². The summed E-state index contributed by atoms with van der Waals surface area (Å²) in [6, 6.07) is 7.90. The summed E-state index contributed by atoms with van der Waals surface area (Å²) in [5, 5.41) is 9.87. The van der Waals surface area contributed by atoms with Crippen LogP contribution in [0.15, 0.2) is 24.3 Å². The Kier molecular flexibility index (Phi) is 4.89. The summed E-state index contributed by atoms with van der Waals surface area (Å²) in [4.78, 5) is 15.6. The van der Waals surface area contributed by atoms with Crippen LogP contribution in [0.3, 0.4) is 0 Å². The Morgan fingerprint density at radius 1 is 1.20 bits per heavy atom. The molecule has 2 rings (SSSR count). The number of rotatable bonds is 4. The van der Waals surface area contributed by atoms with Crippen LogP contribution < -0.4 is 4.90 Å². The molecule has 2 atom stereocenters. The van der Waals surface area contributed by atoms with E-state index in [9.17, 15) is 4.79 Å². The Labute approximate surface area is 124 Å². The third kappa shape index (κ3) is 3.25. The summed E-state index contributed by atoms with van der Waals surface area (Å²) in [5.41, 5.74) is 1.06. The molecule has 1 fully saturated rings. The van der Waals surface area contributed by atoms with Crippen molar-refractivity contribution in [3.05, 3.63) is 29.3 Å². The highest BCUT2D eigenvalue weighted by atomic mass is 35.5. The molecule has 5 heteroatoms. The van der Waals surface area contributed by atoms with Crippen molar-refractivity contribution < 1.29 is 9.90 Å². The molecule has 110 valence electrons. The van der Waals surface area contributed by atoms with E-state index in [2.05, 4.69) is 9.80 Å². The molecule has 0 aliphatic carbocycles. The molecule has 0 radical (unpaired) electrons. The van der Waals surface area contributed by atoms with Crippen LogP contribution in [0.25, 0.3) is 0 Å². The number of carboxylic acids is 1. The highest BCUT2D eigenvalue weighted by Gasteiger charge is 2.28. The van der Waals surface area contributed by atoms with Crippen molar-refractivity contribution in [3.63, 3.8) is 0 Å². The molecule has 1 N–H and O–H groups in total. The SMILES string of the molecule is CC(C(=O)O)C(C)N1CCN(c2ccccc2Cl)CC1. The summed E-state index contributed by atoms with van der Waals surface area (Å²) in [7, 11) is 0. The van der Waals surface area contributed by atoms with Crippen molar-refractivity contribution in [3.8, 4) is 0 Å². The first-order valence-corrected chi connectivity index (χ1v) is 7.35. The highest BCUT2D eigenvalue weighted by molar-refractivity contribution is 6.33. The number of aliphatic carboxylic acids is 1. The van der Waals surface area contributed by atoms with Gasteiger partial charge in [0.15, 0.2) is 0 Å². The van der Waals surface area contributed by atoms with Crippen molar-refractivity contribution >= 4 is 23.3 Å². The van der Waals surface area contributed by atoms with Gasteiger partial charge in [-0.3, -0.25) is 9.69 Å². The number of hydrogen-bond acceptors (Lipinski definition) is 3. The number of carboxylic acid groups (broad SMARTS) is 1. The number of para-hydroxylation sites is 1. The number of hydrogen-bond donors (Lipinski definition) is 1. The topological polar surface area (TPSA) is 43.8 Å². The maximum atomic E-state index is 11.1. The van der Waals surface area contributed by atoms with Crippen LogP contribution in [-0.4, -0.2) is 48.2 Å². The van der Waals surface area contributed by atoms with Gasteiger partial charge in [-0.05, 0) is 19.1 Å². The van der Waals surface area contributed by atoms with Crippen molar-refractivity contribution in [1.29, 1.82) is 0 Å². The summed E-state index contributed by atoms with van der Waals surface area (Å²) in [6.07, 6.45) is 0. The van der Waals surface area contributed by atoms with Crippen LogP contribution in [0, 0.1) is 5.92 Å². The first kappa shape index (κ1) is 15.1. The van der Waals surface area contributed by atoms with Gasteiger partial charge in [0.2, 0.25) is 0 Å². The molecular formula is C15H21ClN2O2. The third-order valence-corrected chi connectivity index (χ3v) is 4.52. The zero-order valence-corrected chi connectivity index (χ0v) is 12.7. The van der Waals surface area contributed by atoms with Crippen molar-refractivity contribution in [2.75, 3.05) is 31.1 Å². The molecule has 1 aliphatic heterocycles. The summed E-state index contributed by atoms with van der Waals surface area (Å²) < 4.78 is 0. The Morgan fingerprint density at radius 3 is 2.35 bits per heavy atom. The van der Waals surface area contributed by atoms with Crippen LogP contribution >= 0.6 is 11.6 Å². The third-order valence-electron chi connectivity index (χ3n) is 4.20. The van der Waals surface area contributed by atoms with Crippen molar-refractivity contribution in [2.45, 2.75) is 19.9 Å². The molecule has 0 saturated carbocycles. The number of piperazine rings is 1. The van der Waals surface area contributed by atoms with Crippen LogP contribution in [0.5, 0.6) is 0 Å². The molecule has 1 saturated heterocycles. The number of benzene rings is 1. The van der Waals surface area contributed by atoms with Crippen LogP contribution in [0.4, 0.5) is 5.69 Å². The van der Waals surface area contributed by atoms with E-state index in [1.165, 1.54) is 0 Å². The molecule has 1 aromatic carbocycles. The zero-order chi connectivity index (χ0) is 14.7. The van der Waals surface area contributed by atoms with Gasteiger partial charge in [0.25, 0.3) is 0 Å². The monoisotopic (exact) mass is 296 g/mol. The first-order valence-electron chi connectivity index (χ1n) is 6.97. The van der Waals surface area contributed by atoms with Crippen LogP contribution in [0.2, 0.25) is 5.02 Å². The molecule has 1 aliphatic rings. The van der Waals surface area contributed by atoms with E-state index in [1.54, 1.807) is 6.92 Å². The van der Waals surface area contributed by atoms with Crippen LogP contribution in [0.1, 0.15) is 13.8 Å². The van der Waals surface area contributed by atoms with E-state index in [-0.39, 0.29) is 12.0 Å². The standard InChI is InChI=1S/C15H21ClN2O2/c1-11(15(19)20)12(2)17-7-9-18(10-8-17)14-6-4-3-5-13(14)16/h3-6,11-12H,7-10H2,1-2H3,(H,19,20). The predicted octanol–water partition coefficient (Wildman–Crippen LogP) is 2.57. The summed E-state index contributed by atoms with van der Waals surface area (Å²) >= 11 is 6.22. The van der Waals surface area contributed by atoms with Gasteiger partial charge in [-0.2, -0.15) is 0 Å². The largest absolute Gasteiger partial charge is 0.481 e. The second kappa shape index (κ2) is 6.46. The maximum Gasteiger partial charge on any atom is 0.307 e. The first-order chi connectivity index (χ1) is 9.50. The summed E-state index contributed by atoms with van der Waals surface area (Å²) in [5.74, 6) is -1.08. The van der Waals surface area contributed by atoms with Gasteiger partial charge in [-0.1, -0.05) is 30.7 Å². The zero-order valence-electron chi connectivity index (χ0n) is 11.9. The summed E-state index contributed by atoms with van der Waals surface area (Å²) in [6.45, 7) is 7.24. The molecule has 20 heavy (non-hydrogen) atoms. The molecule has 1 heterocycles. The minimum absolute atomic E-state index is 0.0564. The molecule has 2 unspecified atom stereocenters. The number of carbonyl (C=O) groups is 1. The second-order valence-electron chi connectivity index (χ2n) is 5.34. The lowest BCUT2D eigenvalue weighted by Gasteiger charge is -2.40. The molecule has 0 aromatic heterocycles. The Morgan fingerprint density at radius 2 is 1.80 bits per heavy atom. The van der Waals surface area contributed by atoms with E-state index in [1.807, 2.05) is 31.2 Å². The Bertz CT molecular complexity index is 473. The number of nitrogens with zero attached hydrogens (tertiary/aromatic N) is 2. The lowest BCUT2D eigenvalue weighted by atomic mass is 10.0. The highest BCUT2D eigenvalue weighted by Crippen LogP contribution is 2.26. The molecular weight excluding hydrogens is 276 g/mol. The lowest BCUT2D eigenvalue weighted by molar-refractivity contribution is -0.143. The van der Waals surface area contributed by atoms with E-state index in [0.717, 1.165) is 36.9 Å².